The van der Waals surface area contributed by atoms with E-state index < -0.39 is 0 Å². The maximum atomic E-state index is 11.5. The van der Waals surface area contributed by atoms with Crippen LogP contribution >= 0.6 is 0 Å². The molecule has 1 rings (SSSR count). The van der Waals surface area contributed by atoms with Crippen molar-refractivity contribution >= 4 is 17.4 Å². The minimum absolute atomic E-state index is 0.0108. The van der Waals surface area contributed by atoms with E-state index in [1.165, 1.54) is 4.90 Å². The standard InChI is InChI=1S/C11H15N3O2/c1-3-10(15)14(2)9-6-4-5-8(7-9)11(12)13-16/h4-7,16H,3H2,1-2H3,(H2,12,13). The van der Waals surface area contributed by atoms with Crippen molar-refractivity contribution in [1.29, 1.82) is 0 Å². The summed E-state index contributed by atoms with van der Waals surface area (Å²) in [5.74, 6) is 0.0378. The van der Waals surface area contributed by atoms with Crippen molar-refractivity contribution in [1.82, 2.24) is 0 Å². The second-order valence-corrected chi connectivity index (χ2v) is 3.34. The summed E-state index contributed by atoms with van der Waals surface area (Å²) in [7, 11) is 1.69. The van der Waals surface area contributed by atoms with Gasteiger partial charge in [-0.3, -0.25) is 4.79 Å². The first kappa shape index (κ1) is 12.0. The number of nitrogens with zero attached hydrogens (tertiary/aromatic N) is 2. The first-order valence-corrected chi connectivity index (χ1v) is 4.94. The zero-order valence-corrected chi connectivity index (χ0v) is 9.34. The highest BCUT2D eigenvalue weighted by Gasteiger charge is 2.09. The van der Waals surface area contributed by atoms with Crippen LogP contribution in [0.15, 0.2) is 29.4 Å². The average Bonchev–Trinajstić information content (AvgIpc) is 2.36. The molecule has 0 radical (unpaired) electrons. The van der Waals surface area contributed by atoms with E-state index >= 15 is 0 Å². The molecule has 86 valence electrons. The number of benzene rings is 1. The third-order valence-electron chi connectivity index (χ3n) is 2.31. The summed E-state index contributed by atoms with van der Waals surface area (Å²) in [5.41, 5.74) is 6.77. The molecule has 16 heavy (non-hydrogen) atoms. The van der Waals surface area contributed by atoms with Crippen LogP contribution in [0.2, 0.25) is 0 Å². The zero-order valence-electron chi connectivity index (χ0n) is 9.34. The summed E-state index contributed by atoms with van der Waals surface area (Å²) in [5, 5.41) is 11.5. The lowest BCUT2D eigenvalue weighted by molar-refractivity contribution is -0.118. The molecule has 0 bridgehead atoms. The molecule has 0 fully saturated rings. The van der Waals surface area contributed by atoms with Gasteiger partial charge < -0.3 is 15.8 Å². The van der Waals surface area contributed by atoms with Gasteiger partial charge in [-0.2, -0.15) is 0 Å². The largest absolute Gasteiger partial charge is 0.409 e. The van der Waals surface area contributed by atoms with Gasteiger partial charge in [-0.1, -0.05) is 24.2 Å². The molecule has 1 aromatic carbocycles. The van der Waals surface area contributed by atoms with E-state index in [4.69, 9.17) is 10.9 Å². The molecule has 3 N–H and O–H groups in total. The van der Waals surface area contributed by atoms with Crippen LogP contribution in [0, 0.1) is 0 Å². The molecule has 0 aliphatic carbocycles. The van der Waals surface area contributed by atoms with Crippen molar-refractivity contribution in [3.05, 3.63) is 29.8 Å². The molecule has 5 nitrogen and oxygen atoms in total. The van der Waals surface area contributed by atoms with Crippen LogP contribution in [0.25, 0.3) is 0 Å². The van der Waals surface area contributed by atoms with Crippen LogP contribution in [0.1, 0.15) is 18.9 Å². The van der Waals surface area contributed by atoms with Crippen molar-refractivity contribution in [2.45, 2.75) is 13.3 Å². The highest BCUT2D eigenvalue weighted by atomic mass is 16.4. The van der Waals surface area contributed by atoms with E-state index in [1.807, 2.05) is 0 Å². The Morgan fingerprint density at radius 2 is 2.25 bits per heavy atom. The van der Waals surface area contributed by atoms with Crippen molar-refractivity contribution < 1.29 is 10.0 Å². The number of hydrogen-bond donors (Lipinski definition) is 2. The van der Waals surface area contributed by atoms with Gasteiger partial charge >= 0.3 is 0 Å². The number of hydrogen-bond acceptors (Lipinski definition) is 3. The van der Waals surface area contributed by atoms with Gasteiger partial charge in [0.1, 0.15) is 0 Å². The predicted molar refractivity (Wildman–Crippen MR) is 62.7 cm³/mol. The average molecular weight is 221 g/mol. The summed E-state index contributed by atoms with van der Waals surface area (Å²) >= 11 is 0. The van der Waals surface area contributed by atoms with Gasteiger partial charge in [-0.05, 0) is 12.1 Å². The SMILES string of the molecule is CCC(=O)N(C)c1cccc(C(N)=NO)c1. The fraction of sp³-hybridized carbons (Fsp3) is 0.273. The fourth-order valence-electron chi connectivity index (χ4n) is 1.31. The first-order chi connectivity index (χ1) is 7.60. The topological polar surface area (TPSA) is 78.9 Å². The van der Waals surface area contributed by atoms with Gasteiger partial charge in [0.05, 0.1) is 0 Å². The summed E-state index contributed by atoms with van der Waals surface area (Å²) in [4.78, 5) is 13.0. The van der Waals surface area contributed by atoms with Gasteiger partial charge in [0.15, 0.2) is 5.84 Å². The molecular formula is C11H15N3O2. The molecule has 0 saturated carbocycles. The predicted octanol–water partition coefficient (Wildman–Crippen LogP) is 1.15. The smallest absolute Gasteiger partial charge is 0.226 e. The summed E-state index contributed by atoms with van der Waals surface area (Å²) in [6.45, 7) is 1.80. The third-order valence-corrected chi connectivity index (χ3v) is 2.31. The number of rotatable bonds is 3. The normalized spacial score (nSPS) is 11.2. The Labute approximate surface area is 94.2 Å². The molecule has 0 aromatic heterocycles. The molecule has 1 aromatic rings. The summed E-state index contributed by atoms with van der Waals surface area (Å²) in [6, 6.07) is 6.95. The van der Waals surface area contributed by atoms with E-state index in [-0.39, 0.29) is 11.7 Å². The second-order valence-electron chi connectivity index (χ2n) is 3.34. The van der Waals surface area contributed by atoms with Gasteiger partial charge in [0.25, 0.3) is 0 Å². The zero-order chi connectivity index (χ0) is 12.1. The molecule has 5 heteroatoms. The Balaban J connectivity index is 3.03. The highest BCUT2D eigenvalue weighted by Crippen LogP contribution is 2.15. The lowest BCUT2D eigenvalue weighted by atomic mass is 10.1. The van der Waals surface area contributed by atoms with Crippen LogP contribution in [0.5, 0.6) is 0 Å². The Morgan fingerprint density at radius 3 is 2.81 bits per heavy atom. The molecule has 0 aliphatic rings. The molecule has 0 unspecified atom stereocenters. The van der Waals surface area contributed by atoms with Gasteiger partial charge in [-0.25, -0.2) is 0 Å². The van der Waals surface area contributed by atoms with Crippen molar-refractivity contribution in [3.63, 3.8) is 0 Å². The van der Waals surface area contributed by atoms with E-state index in [0.717, 1.165) is 5.69 Å². The second kappa shape index (κ2) is 5.16. The number of anilines is 1. The third kappa shape index (κ3) is 2.50. The van der Waals surface area contributed by atoms with E-state index in [2.05, 4.69) is 5.16 Å². The summed E-state index contributed by atoms with van der Waals surface area (Å²) < 4.78 is 0. The number of carbonyl (C=O) groups is 1. The quantitative estimate of drug-likeness (QED) is 0.348. The number of amidine groups is 1. The molecule has 0 heterocycles. The molecule has 1 amide bonds. The number of nitrogens with two attached hydrogens (primary N) is 1. The number of oxime groups is 1. The fourth-order valence-corrected chi connectivity index (χ4v) is 1.31. The molecule has 0 saturated heterocycles. The molecular weight excluding hydrogens is 206 g/mol. The van der Waals surface area contributed by atoms with Crippen molar-refractivity contribution in [3.8, 4) is 0 Å². The van der Waals surface area contributed by atoms with Crippen molar-refractivity contribution in [2.75, 3.05) is 11.9 Å². The van der Waals surface area contributed by atoms with Gasteiger partial charge in [-0.15, -0.1) is 0 Å². The van der Waals surface area contributed by atoms with Crippen LogP contribution in [0.3, 0.4) is 0 Å². The Kier molecular flexibility index (Phi) is 3.88. The van der Waals surface area contributed by atoms with Gasteiger partial charge in [0, 0.05) is 24.7 Å². The molecule has 0 atom stereocenters. The van der Waals surface area contributed by atoms with E-state index in [9.17, 15) is 4.79 Å². The van der Waals surface area contributed by atoms with Crippen LogP contribution < -0.4 is 10.6 Å². The van der Waals surface area contributed by atoms with Crippen LogP contribution in [0.4, 0.5) is 5.69 Å². The van der Waals surface area contributed by atoms with Crippen LogP contribution in [-0.2, 0) is 4.79 Å². The Bertz CT molecular complexity index is 415. The summed E-state index contributed by atoms with van der Waals surface area (Å²) in [6.07, 6.45) is 0.435. The maximum absolute atomic E-state index is 11.5. The highest BCUT2D eigenvalue weighted by molar-refractivity contribution is 5.99. The van der Waals surface area contributed by atoms with E-state index in [0.29, 0.717) is 12.0 Å². The number of amides is 1. The Morgan fingerprint density at radius 1 is 1.56 bits per heavy atom. The lowest BCUT2D eigenvalue weighted by Crippen LogP contribution is -2.25. The van der Waals surface area contributed by atoms with Crippen LogP contribution in [-0.4, -0.2) is 24.0 Å². The Hall–Kier alpha value is -2.04. The number of carbonyl (C=O) groups excluding carboxylic acids is 1. The van der Waals surface area contributed by atoms with Gasteiger partial charge in [0.2, 0.25) is 5.91 Å². The van der Waals surface area contributed by atoms with E-state index in [1.54, 1.807) is 38.2 Å². The minimum Gasteiger partial charge on any atom is -0.409 e. The van der Waals surface area contributed by atoms with Crippen molar-refractivity contribution in [2.24, 2.45) is 10.9 Å². The maximum Gasteiger partial charge on any atom is 0.226 e. The molecule has 0 spiro atoms. The molecule has 0 aliphatic heterocycles. The lowest BCUT2D eigenvalue weighted by Gasteiger charge is -2.17. The monoisotopic (exact) mass is 221 g/mol. The first-order valence-electron chi connectivity index (χ1n) is 4.94. The minimum atomic E-state index is 0.0108.